The van der Waals surface area contributed by atoms with Crippen molar-refractivity contribution >= 4 is 17.6 Å². The van der Waals surface area contributed by atoms with Crippen LogP contribution in [0.25, 0.3) is 0 Å². The Labute approximate surface area is 175 Å². The minimum Gasteiger partial charge on any atom is -0.387 e. The van der Waals surface area contributed by atoms with Gasteiger partial charge >= 0.3 is 6.03 Å². The van der Waals surface area contributed by atoms with Crippen LogP contribution in [0, 0.1) is 16.7 Å². The predicted molar refractivity (Wildman–Crippen MR) is 104 cm³/mol. The molecular weight excluding hydrogens is 410 g/mol. The number of carbonyl (C=O) groups is 1. The molecule has 1 aliphatic rings. The molecule has 0 aromatic heterocycles. The minimum atomic E-state index is -1.76. The van der Waals surface area contributed by atoms with Crippen LogP contribution in [0.15, 0.2) is 5.29 Å². The van der Waals surface area contributed by atoms with Gasteiger partial charge in [-0.1, -0.05) is 27.7 Å². The molecule has 0 aromatic rings. The number of ether oxygens (including phenoxy) is 2. The summed E-state index contributed by atoms with van der Waals surface area (Å²) in [6, 6.07) is -0.932. The van der Waals surface area contributed by atoms with E-state index in [1.807, 2.05) is 13.8 Å². The predicted octanol–water partition coefficient (Wildman–Crippen LogP) is 0.0852. The topological polar surface area (TPSA) is 152 Å². The Hall–Kier alpha value is -1.08. The van der Waals surface area contributed by atoms with Gasteiger partial charge in [0.2, 0.25) is 0 Å². The Bertz CT molecular complexity index is 527. The second kappa shape index (κ2) is 11.9. The minimum absolute atomic E-state index is 0.00292. The van der Waals surface area contributed by atoms with E-state index in [2.05, 4.69) is 5.29 Å². The van der Waals surface area contributed by atoms with Crippen molar-refractivity contribution in [3.05, 3.63) is 4.91 Å². The van der Waals surface area contributed by atoms with E-state index in [-0.39, 0.29) is 37.4 Å². The first-order chi connectivity index (χ1) is 13.5. The lowest BCUT2D eigenvalue weighted by Gasteiger charge is -2.44. The van der Waals surface area contributed by atoms with E-state index >= 15 is 0 Å². The Morgan fingerprint density at radius 3 is 2.24 bits per heavy atom. The van der Waals surface area contributed by atoms with Crippen molar-refractivity contribution in [2.75, 3.05) is 25.6 Å². The van der Waals surface area contributed by atoms with E-state index in [0.29, 0.717) is 5.01 Å². The summed E-state index contributed by atoms with van der Waals surface area (Å²) in [7, 11) is 0. The van der Waals surface area contributed by atoms with Gasteiger partial charge in [0.25, 0.3) is 0 Å². The summed E-state index contributed by atoms with van der Waals surface area (Å²) in [5, 5.41) is 44.6. The average Bonchev–Trinajstić information content (AvgIpc) is 2.66. The third-order valence-corrected chi connectivity index (χ3v) is 4.41. The average molecular weight is 442 g/mol. The monoisotopic (exact) mass is 441 g/mol. The molecular formula is C17H32ClN3O8. The molecule has 6 atom stereocenters. The molecule has 1 fully saturated rings. The van der Waals surface area contributed by atoms with E-state index < -0.39 is 43.0 Å². The number of aliphatic hydroxyl groups excluding tert-OH is 4. The molecule has 0 saturated carbocycles. The number of carbonyl (C=O) groups excluding carboxylic acids is 1. The SMILES string of the molecule is CC(C)CO[C@@H]1O[C@@H](C(O)N(CC(C)C)C(=O)N(CCCl)N=O)[C@@H](O)[C@@H](O)[C@@H]1O. The standard InChI is InChI=1S/C17H32ClN3O8/c1-9(2)7-20(17(26)21(19-27)6-5-18)15(25)14-12(23)11(22)13(24)16(29-14)28-8-10(3)4/h9-16,22-25H,5-8H2,1-4H3/t11-,12+,13+,14-,15?,16-/m1/s1. The molecule has 0 radical (unpaired) electrons. The maximum Gasteiger partial charge on any atom is 0.345 e. The highest BCUT2D eigenvalue weighted by Crippen LogP contribution is 2.27. The lowest BCUT2D eigenvalue weighted by Crippen LogP contribution is -2.65. The normalized spacial score (nSPS) is 28.4. The van der Waals surface area contributed by atoms with Crippen LogP contribution in [0.1, 0.15) is 27.7 Å². The fourth-order valence-electron chi connectivity index (χ4n) is 2.81. The fraction of sp³-hybridized carbons (Fsp3) is 0.941. The third kappa shape index (κ3) is 6.99. The Kier molecular flexibility index (Phi) is 10.7. The van der Waals surface area contributed by atoms with Gasteiger partial charge in [-0.3, -0.25) is 4.90 Å². The molecule has 170 valence electrons. The van der Waals surface area contributed by atoms with Crippen LogP contribution < -0.4 is 0 Å². The molecule has 1 rings (SSSR count). The molecule has 0 bridgehead atoms. The molecule has 0 aliphatic carbocycles. The van der Waals surface area contributed by atoms with Crippen LogP contribution in [0.2, 0.25) is 0 Å². The zero-order valence-corrected chi connectivity index (χ0v) is 17.8. The highest BCUT2D eigenvalue weighted by atomic mass is 35.5. The number of nitrogens with zero attached hydrogens (tertiary/aromatic N) is 3. The second-order valence-corrected chi connectivity index (χ2v) is 8.18. The molecule has 1 saturated heterocycles. The molecule has 1 heterocycles. The molecule has 1 unspecified atom stereocenters. The highest BCUT2D eigenvalue weighted by molar-refractivity contribution is 6.18. The molecule has 4 N–H and O–H groups in total. The summed E-state index contributed by atoms with van der Waals surface area (Å²) in [6.45, 7) is 7.30. The Balaban J connectivity index is 3.09. The molecule has 0 spiro atoms. The van der Waals surface area contributed by atoms with Gasteiger partial charge in [0.15, 0.2) is 12.5 Å². The molecule has 2 amide bonds. The smallest absolute Gasteiger partial charge is 0.345 e. The van der Waals surface area contributed by atoms with E-state index in [1.165, 1.54) is 0 Å². The van der Waals surface area contributed by atoms with Crippen LogP contribution in [0.4, 0.5) is 4.79 Å². The van der Waals surface area contributed by atoms with E-state index in [9.17, 15) is 30.1 Å². The van der Waals surface area contributed by atoms with Gasteiger partial charge in [0.05, 0.1) is 18.4 Å². The molecule has 1 aliphatic heterocycles. The Morgan fingerprint density at radius 1 is 1.14 bits per heavy atom. The van der Waals surface area contributed by atoms with Crippen molar-refractivity contribution in [3.63, 3.8) is 0 Å². The summed E-state index contributed by atoms with van der Waals surface area (Å²) < 4.78 is 10.9. The summed E-state index contributed by atoms with van der Waals surface area (Å²) >= 11 is 5.58. The van der Waals surface area contributed by atoms with E-state index in [4.69, 9.17) is 21.1 Å². The van der Waals surface area contributed by atoms with Crippen molar-refractivity contribution in [3.8, 4) is 0 Å². The van der Waals surface area contributed by atoms with Crippen LogP contribution in [-0.2, 0) is 9.47 Å². The number of nitroso groups, excluding NO2 is 1. The van der Waals surface area contributed by atoms with Gasteiger partial charge < -0.3 is 29.9 Å². The highest BCUT2D eigenvalue weighted by Gasteiger charge is 2.49. The third-order valence-electron chi connectivity index (χ3n) is 4.24. The number of halogens is 1. The first kappa shape index (κ1) is 26.0. The number of rotatable bonds is 10. The van der Waals surface area contributed by atoms with Crippen molar-refractivity contribution in [2.24, 2.45) is 17.1 Å². The lowest BCUT2D eigenvalue weighted by molar-refractivity contribution is -0.319. The van der Waals surface area contributed by atoms with Gasteiger partial charge in [-0.2, -0.15) is 5.01 Å². The zero-order valence-electron chi connectivity index (χ0n) is 17.1. The summed E-state index contributed by atoms with van der Waals surface area (Å²) in [5.74, 6) is -0.0795. The zero-order chi connectivity index (χ0) is 22.3. The number of urea groups is 1. The van der Waals surface area contributed by atoms with E-state index in [0.717, 1.165) is 4.90 Å². The van der Waals surface area contributed by atoms with Crippen LogP contribution in [0.5, 0.6) is 0 Å². The van der Waals surface area contributed by atoms with Gasteiger partial charge in [-0.15, -0.1) is 16.5 Å². The van der Waals surface area contributed by atoms with Gasteiger partial charge in [0, 0.05) is 12.4 Å². The Morgan fingerprint density at radius 2 is 1.76 bits per heavy atom. The number of aliphatic hydroxyl groups is 4. The van der Waals surface area contributed by atoms with Gasteiger partial charge in [0.1, 0.15) is 24.4 Å². The first-order valence-corrected chi connectivity index (χ1v) is 10.0. The number of hydrogen-bond acceptors (Lipinski definition) is 9. The maximum absolute atomic E-state index is 12.7. The quantitative estimate of drug-likeness (QED) is 0.161. The van der Waals surface area contributed by atoms with Crippen molar-refractivity contribution in [2.45, 2.75) is 64.6 Å². The largest absolute Gasteiger partial charge is 0.387 e. The lowest BCUT2D eigenvalue weighted by atomic mass is 9.97. The van der Waals surface area contributed by atoms with Crippen LogP contribution in [0.3, 0.4) is 0 Å². The fourth-order valence-corrected chi connectivity index (χ4v) is 2.97. The summed E-state index contributed by atoms with van der Waals surface area (Å²) in [4.78, 5) is 24.6. The van der Waals surface area contributed by atoms with E-state index in [1.54, 1.807) is 13.8 Å². The van der Waals surface area contributed by atoms with Crippen molar-refractivity contribution < 1.29 is 34.7 Å². The number of amides is 2. The van der Waals surface area contributed by atoms with Gasteiger partial charge in [-0.05, 0) is 11.8 Å². The number of hydrogen-bond donors (Lipinski definition) is 4. The van der Waals surface area contributed by atoms with Crippen LogP contribution >= 0.6 is 11.6 Å². The van der Waals surface area contributed by atoms with Crippen LogP contribution in [-0.4, -0.2) is 98.9 Å². The first-order valence-electron chi connectivity index (χ1n) is 9.51. The molecule has 12 heteroatoms. The summed E-state index contributed by atoms with van der Waals surface area (Å²) in [6.07, 6.45) is -9.53. The molecule has 29 heavy (non-hydrogen) atoms. The summed E-state index contributed by atoms with van der Waals surface area (Å²) in [5.41, 5.74) is 0. The van der Waals surface area contributed by atoms with Crippen molar-refractivity contribution in [1.82, 2.24) is 9.91 Å². The maximum atomic E-state index is 12.7. The second-order valence-electron chi connectivity index (χ2n) is 7.80. The van der Waals surface area contributed by atoms with Gasteiger partial charge in [-0.25, -0.2) is 4.79 Å². The van der Waals surface area contributed by atoms with Crippen molar-refractivity contribution in [1.29, 1.82) is 0 Å². The molecule has 11 nitrogen and oxygen atoms in total. The number of alkyl halides is 1. The molecule has 0 aromatic carbocycles.